The van der Waals surface area contributed by atoms with Crippen LogP contribution in [0.25, 0.3) is 0 Å². The monoisotopic (exact) mass is 378 g/mol. The molecule has 2 aromatic heterocycles. The van der Waals surface area contributed by atoms with Crippen molar-refractivity contribution < 1.29 is 18.6 Å². The molecule has 0 bridgehead atoms. The van der Waals surface area contributed by atoms with Gasteiger partial charge >= 0.3 is 0 Å². The van der Waals surface area contributed by atoms with Crippen LogP contribution in [0.2, 0.25) is 0 Å². The van der Waals surface area contributed by atoms with Crippen molar-refractivity contribution in [2.75, 3.05) is 17.7 Å². The highest BCUT2D eigenvalue weighted by Gasteiger charge is 2.38. The molecule has 0 saturated heterocycles. The van der Waals surface area contributed by atoms with Gasteiger partial charge in [0, 0.05) is 23.6 Å². The topological polar surface area (TPSA) is 102 Å². The lowest BCUT2D eigenvalue weighted by Gasteiger charge is -2.28. The summed E-state index contributed by atoms with van der Waals surface area (Å²) in [6.45, 7) is 0. The molecule has 28 heavy (non-hydrogen) atoms. The minimum absolute atomic E-state index is 0.0216. The number of allylic oxidation sites excluding steroid dienone is 1. The molecule has 3 aromatic rings. The van der Waals surface area contributed by atoms with E-state index in [2.05, 4.69) is 20.9 Å². The second kappa shape index (κ2) is 6.56. The number of nitrogens with one attached hydrogen (secondary N) is 2. The molecule has 1 aromatic carbocycles. The molecule has 0 unspecified atom stereocenters. The SMILES string of the molecule is COc1ccc([C@H]2Nc3nonc3NC3=C2C(=O)C[C@@H](c2ccco2)C3)cc1. The number of furan rings is 1. The number of ketones is 1. The number of rotatable bonds is 3. The Morgan fingerprint density at radius 1 is 1.11 bits per heavy atom. The van der Waals surface area contributed by atoms with Gasteiger partial charge in [0.25, 0.3) is 0 Å². The molecule has 1 aliphatic carbocycles. The first-order valence-electron chi connectivity index (χ1n) is 9.02. The number of carbonyl (C=O) groups is 1. The Kier molecular flexibility index (Phi) is 3.89. The van der Waals surface area contributed by atoms with E-state index < -0.39 is 0 Å². The molecule has 3 heterocycles. The van der Waals surface area contributed by atoms with Crippen LogP contribution in [0, 0.1) is 0 Å². The molecule has 142 valence electrons. The molecule has 0 saturated carbocycles. The van der Waals surface area contributed by atoms with E-state index >= 15 is 0 Å². The Bertz CT molecular complexity index is 1040. The lowest BCUT2D eigenvalue weighted by atomic mass is 9.80. The number of Topliss-reactive ketones (excluding diaryl/α,β-unsaturated/α-hetero) is 1. The van der Waals surface area contributed by atoms with E-state index in [1.807, 2.05) is 36.4 Å². The van der Waals surface area contributed by atoms with Crippen molar-refractivity contribution in [3.8, 4) is 5.75 Å². The summed E-state index contributed by atoms with van der Waals surface area (Å²) in [5, 5.41) is 14.4. The lowest BCUT2D eigenvalue weighted by Crippen LogP contribution is -2.26. The summed E-state index contributed by atoms with van der Waals surface area (Å²) in [6, 6.07) is 11.0. The van der Waals surface area contributed by atoms with Crippen LogP contribution in [-0.4, -0.2) is 23.2 Å². The molecule has 8 nitrogen and oxygen atoms in total. The molecule has 0 amide bonds. The predicted molar refractivity (Wildman–Crippen MR) is 100.0 cm³/mol. The molecule has 2 N–H and O–H groups in total. The maximum Gasteiger partial charge on any atom is 0.219 e. The highest BCUT2D eigenvalue weighted by atomic mass is 16.6. The van der Waals surface area contributed by atoms with Crippen LogP contribution in [0.4, 0.5) is 11.6 Å². The molecule has 0 radical (unpaired) electrons. The Morgan fingerprint density at radius 3 is 2.68 bits per heavy atom. The number of methoxy groups -OCH3 is 1. The van der Waals surface area contributed by atoms with E-state index in [0.717, 1.165) is 22.8 Å². The second-order valence-electron chi connectivity index (χ2n) is 6.87. The predicted octanol–water partition coefficient (Wildman–Crippen LogP) is 3.65. The van der Waals surface area contributed by atoms with Crippen molar-refractivity contribution in [2.24, 2.45) is 0 Å². The highest BCUT2D eigenvalue weighted by molar-refractivity contribution is 6.00. The number of aromatic nitrogens is 2. The molecular formula is C20H18N4O4. The zero-order chi connectivity index (χ0) is 19.1. The molecule has 2 aliphatic rings. The van der Waals surface area contributed by atoms with Crippen LogP contribution in [0.15, 0.2) is 63.0 Å². The molecule has 0 fully saturated rings. The number of fused-ring (bicyclic) bond motifs is 1. The van der Waals surface area contributed by atoms with Gasteiger partial charge in [0.15, 0.2) is 5.78 Å². The van der Waals surface area contributed by atoms with Crippen LogP contribution >= 0.6 is 0 Å². The number of anilines is 2. The van der Waals surface area contributed by atoms with Crippen molar-refractivity contribution in [3.05, 3.63) is 65.3 Å². The van der Waals surface area contributed by atoms with Gasteiger partial charge in [0.2, 0.25) is 11.6 Å². The van der Waals surface area contributed by atoms with Crippen LogP contribution in [0.3, 0.4) is 0 Å². The van der Waals surface area contributed by atoms with Gasteiger partial charge < -0.3 is 19.8 Å². The van der Waals surface area contributed by atoms with Gasteiger partial charge in [-0.1, -0.05) is 12.1 Å². The fraction of sp³-hybridized carbons (Fsp3) is 0.250. The van der Waals surface area contributed by atoms with Gasteiger partial charge in [-0.05, 0) is 46.6 Å². The van der Waals surface area contributed by atoms with Crippen LogP contribution in [0.1, 0.15) is 36.1 Å². The van der Waals surface area contributed by atoms with E-state index in [1.165, 1.54) is 0 Å². The van der Waals surface area contributed by atoms with Crippen LogP contribution in [0.5, 0.6) is 5.75 Å². The van der Waals surface area contributed by atoms with E-state index in [-0.39, 0.29) is 17.7 Å². The third-order valence-corrected chi connectivity index (χ3v) is 5.23. The summed E-state index contributed by atoms with van der Waals surface area (Å²) in [5.74, 6) is 2.53. The number of hydrogen-bond donors (Lipinski definition) is 2. The fourth-order valence-electron chi connectivity index (χ4n) is 3.87. The smallest absolute Gasteiger partial charge is 0.219 e. The largest absolute Gasteiger partial charge is 0.497 e. The van der Waals surface area contributed by atoms with Crippen molar-refractivity contribution in [2.45, 2.75) is 24.8 Å². The molecule has 5 rings (SSSR count). The summed E-state index contributed by atoms with van der Waals surface area (Å²) in [5.41, 5.74) is 2.42. The number of hydrogen-bond acceptors (Lipinski definition) is 8. The summed E-state index contributed by atoms with van der Waals surface area (Å²) < 4.78 is 15.7. The summed E-state index contributed by atoms with van der Waals surface area (Å²) in [6.07, 6.45) is 2.65. The number of nitrogens with zero attached hydrogens (tertiary/aromatic N) is 2. The van der Waals surface area contributed by atoms with Crippen molar-refractivity contribution in [1.29, 1.82) is 0 Å². The molecule has 0 spiro atoms. The van der Waals surface area contributed by atoms with Gasteiger partial charge in [-0.25, -0.2) is 4.63 Å². The van der Waals surface area contributed by atoms with E-state index in [9.17, 15) is 4.79 Å². The zero-order valence-corrected chi connectivity index (χ0v) is 15.1. The Labute approximate surface area is 160 Å². The lowest BCUT2D eigenvalue weighted by molar-refractivity contribution is -0.116. The fourth-order valence-corrected chi connectivity index (χ4v) is 3.87. The van der Waals surface area contributed by atoms with E-state index in [0.29, 0.717) is 30.1 Å². The molecule has 8 heteroatoms. The number of benzene rings is 1. The van der Waals surface area contributed by atoms with Gasteiger partial charge in [-0.15, -0.1) is 0 Å². The van der Waals surface area contributed by atoms with Gasteiger partial charge in [0.05, 0.1) is 19.4 Å². The first-order chi connectivity index (χ1) is 13.7. The number of ether oxygens (including phenoxy) is 1. The minimum atomic E-state index is -0.369. The van der Waals surface area contributed by atoms with Gasteiger partial charge in [-0.3, -0.25) is 4.79 Å². The van der Waals surface area contributed by atoms with Crippen LogP contribution < -0.4 is 15.4 Å². The first kappa shape index (κ1) is 16.6. The average molecular weight is 378 g/mol. The molecule has 1 aliphatic heterocycles. The van der Waals surface area contributed by atoms with Gasteiger partial charge in [-0.2, -0.15) is 0 Å². The van der Waals surface area contributed by atoms with Crippen molar-refractivity contribution in [3.63, 3.8) is 0 Å². The highest BCUT2D eigenvalue weighted by Crippen LogP contribution is 2.43. The minimum Gasteiger partial charge on any atom is -0.497 e. The molecule has 2 atom stereocenters. The Balaban J connectivity index is 1.59. The third kappa shape index (κ3) is 2.74. The molecular weight excluding hydrogens is 360 g/mol. The first-order valence-corrected chi connectivity index (χ1v) is 9.02. The number of carbonyl (C=O) groups excluding carboxylic acids is 1. The van der Waals surface area contributed by atoms with E-state index in [1.54, 1.807) is 13.4 Å². The average Bonchev–Trinajstić information content (AvgIpc) is 3.37. The second-order valence-corrected chi connectivity index (χ2v) is 6.87. The zero-order valence-electron chi connectivity index (χ0n) is 15.1. The third-order valence-electron chi connectivity index (χ3n) is 5.23. The standard InChI is InChI=1S/C20H18N4O4/c1-26-13-6-4-11(5-7-13)18-17-14(21-19-20(22-18)24-28-23-19)9-12(10-15(17)25)16-3-2-8-27-16/h2-8,12,18H,9-10H2,1H3,(H,21,23)(H,22,24)/t12-,18+/m0/s1. The summed E-state index contributed by atoms with van der Waals surface area (Å²) in [7, 11) is 1.62. The maximum atomic E-state index is 13.2. The van der Waals surface area contributed by atoms with Gasteiger partial charge in [0.1, 0.15) is 11.5 Å². The normalized spacial score (nSPS) is 21.2. The Morgan fingerprint density at radius 2 is 1.93 bits per heavy atom. The summed E-state index contributed by atoms with van der Waals surface area (Å²) in [4.78, 5) is 13.2. The quantitative estimate of drug-likeness (QED) is 0.712. The summed E-state index contributed by atoms with van der Waals surface area (Å²) >= 11 is 0. The van der Waals surface area contributed by atoms with Crippen molar-refractivity contribution in [1.82, 2.24) is 10.3 Å². The van der Waals surface area contributed by atoms with E-state index in [4.69, 9.17) is 13.8 Å². The maximum absolute atomic E-state index is 13.2. The Hall–Kier alpha value is -3.55. The van der Waals surface area contributed by atoms with Crippen LogP contribution in [-0.2, 0) is 4.79 Å². The van der Waals surface area contributed by atoms with Crippen molar-refractivity contribution >= 4 is 17.4 Å².